The smallest absolute Gasteiger partial charge is 0.352 e. The van der Waals surface area contributed by atoms with Gasteiger partial charge in [0.05, 0.1) is 5.70 Å². The molecule has 1 aromatic rings. The molecule has 0 saturated carbocycles. The predicted octanol–water partition coefficient (Wildman–Crippen LogP) is 0.0140. The average Bonchev–Trinajstić information content (AvgIpc) is 2.19. The van der Waals surface area contributed by atoms with Crippen LogP contribution in [-0.4, -0.2) is 25.5 Å². The lowest BCUT2D eigenvalue weighted by Gasteiger charge is -1.94. The summed E-state index contributed by atoms with van der Waals surface area (Å²) in [5.74, 6) is 0.163. The Morgan fingerprint density at radius 2 is 1.86 bits per heavy atom. The molecule has 3 N–H and O–H groups in total. The van der Waals surface area contributed by atoms with E-state index in [2.05, 4.69) is 27.0 Å². The van der Waals surface area contributed by atoms with Gasteiger partial charge in [-0.1, -0.05) is 35.0 Å². The van der Waals surface area contributed by atoms with Crippen molar-refractivity contribution in [3.8, 4) is 6.01 Å². The Morgan fingerprint density at radius 3 is 2.43 bits per heavy atom. The first-order chi connectivity index (χ1) is 6.74. The molecule has 14 heavy (non-hydrogen) atoms. The molecule has 0 aliphatic heterocycles. The standard InChI is InChI=1S/C8H9N5O/c1-2-3-4-5-6(9)7-10-12-8(14)13-11-7/h2-5H,1,9H2,(H,12,13,14)/b4-3-,6-5-. The van der Waals surface area contributed by atoms with Gasteiger partial charge in [0.1, 0.15) is 0 Å². The summed E-state index contributed by atoms with van der Waals surface area (Å²) in [6, 6.07) is -0.483. The first-order valence-corrected chi connectivity index (χ1v) is 3.75. The second kappa shape index (κ2) is 4.70. The molecule has 0 aliphatic rings. The molecule has 6 heteroatoms. The SMILES string of the molecule is C=C/C=C\C=C(/N)c1nnc(O)nn1. The molecule has 0 aliphatic carbocycles. The second-order valence-corrected chi connectivity index (χ2v) is 2.27. The number of allylic oxidation sites excluding steroid dienone is 4. The number of nitrogens with two attached hydrogens (primary N) is 1. The van der Waals surface area contributed by atoms with Crippen molar-refractivity contribution in [3.63, 3.8) is 0 Å². The van der Waals surface area contributed by atoms with Crippen LogP contribution in [0.1, 0.15) is 5.82 Å². The summed E-state index contributed by atoms with van der Waals surface area (Å²) in [4.78, 5) is 0. The molecule has 72 valence electrons. The Hall–Kier alpha value is -2.24. The third kappa shape index (κ3) is 2.67. The number of nitrogens with zero attached hydrogens (tertiary/aromatic N) is 4. The molecule has 1 rings (SSSR count). The van der Waals surface area contributed by atoms with Crippen LogP contribution in [0.3, 0.4) is 0 Å². The highest BCUT2D eigenvalue weighted by atomic mass is 16.3. The molecule has 0 fully saturated rings. The normalized spacial score (nSPS) is 11.9. The van der Waals surface area contributed by atoms with Crippen molar-refractivity contribution in [2.45, 2.75) is 0 Å². The van der Waals surface area contributed by atoms with Crippen molar-refractivity contribution < 1.29 is 5.11 Å². The second-order valence-electron chi connectivity index (χ2n) is 2.27. The first kappa shape index (κ1) is 9.85. The van der Waals surface area contributed by atoms with Crippen molar-refractivity contribution >= 4 is 5.70 Å². The van der Waals surface area contributed by atoms with E-state index in [0.29, 0.717) is 5.70 Å². The molecule has 0 amide bonds. The molecule has 1 heterocycles. The number of hydrogen-bond acceptors (Lipinski definition) is 6. The van der Waals surface area contributed by atoms with Gasteiger partial charge < -0.3 is 10.8 Å². The third-order valence-electron chi connectivity index (χ3n) is 1.25. The Bertz CT molecular complexity index is 368. The van der Waals surface area contributed by atoms with Gasteiger partial charge in [-0.15, -0.1) is 10.2 Å². The molecule has 0 bridgehead atoms. The molecule has 1 aromatic heterocycles. The van der Waals surface area contributed by atoms with Gasteiger partial charge in [-0.2, -0.15) is 0 Å². The molecular weight excluding hydrogens is 182 g/mol. The molecular formula is C8H9N5O. The zero-order valence-electron chi connectivity index (χ0n) is 7.33. The van der Waals surface area contributed by atoms with Crippen LogP contribution in [0, 0.1) is 0 Å². The van der Waals surface area contributed by atoms with Gasteiger partial charge in [0, 0.05) is 0 Å². The topological polar surface area (TPSA) is 97.8 Å². The minimum Gasteiger partial charge on any atom is -0.477 e. The molecule has 0 spiro atoms. The fourth-order valence-electron chi connectivity index (χ4n) is 0.652. The van der Waals surface area contributed by atoms with Crippen molar-refractivity contribution in [1.82, 2.24) is 20.4 Å². The van der Waals surface area contributed by atoms with Crippen LogP contribution < -0.4 is 5.73 Å². The van der Waals surface area contributed by atoms with Gasteiger partial charge in [-0.3, -0.25) is 0 Å². The third-order valence-corrected chi connectivity index (χ3v) is 1.25. The molecule has 6 nitrogen and oxygen atoms in total. The lowest BCUT2D eigenvalue weighted by Crippen LogP contribution is -2.04. The van der Waals surface area contributed by atoms with Gasteiger partial charge in [-0.05, 0) is 6.08 Å². The maximum atomic E-state index is 8.72. The van der Waals surface area contributed by atoms with Crippen LogP contribution in [0.5, 0.6) is 6.01 Å². The highest BCUT2D eigenvalue weighted by Gasteiger charge is 2.00. The number of aromatic nitrogens is 4. The van der Waals surface area contributed by atoms with Crippen LogP contribution >= 0.6 is 0 Å². The van der Waals surface area contributed by atoms with E-state index in [1.807, 2.05) is 0 Å². The minimum atomic E-state index is -0.483. The van der Waals surface area contributed by atoms with Crippen LogP contribution in [0.2, 0.25) is 0 Å². The Balaban J connectivity index is 2.83. The lowest BCUT2D eigenvalue weighted by atomic mass is 10.3. The molecule has 0 aromatic carbocycles. The molecule has 0 unspecified atom stereocenters. The van der Waals surface area contributed by atoms with Crippen molar-refractivity contribution in [3.05, 3.63) is 36.7 Å². The maximum absolute atomic E-state index is 8.72. The zero-order chi connectivity index (χ0) is 10.4. The van der Waals surface area contributed by atoms with Crippen LogP contribution in [0.15, 0.2) is 30.9 Å². The van der Waals surface area contributed by atoms with E-state index in [-0.39, 0.29) is 5.82 Å². The monoisotopic (exact) mass is 191 g/mol. The highest BCUT2D eigenvalue weighted by Crippen LogP contribution is 2.00. The van der Waals surface area contributed by atoms with E-state index >= 15 is 0 Å². The van der Waals surface area contributed by atoms with E-state index in [4.69, 9.17) is 10.8 Å². The van der Waals surface area contributed by atoms with Gasteiger partial charge in [0.25, 0.3) is 0 Å². The van der Waals surface area contributed by atoms with Crippen LogP contribution in [-0.2, 0) is 0 Å². The van der Waals surface area contributed by atoms with Crippen LogP contribution in [0.25, 0.3) is 5.70 Å². The number of aromatic hydroxyl groups is 1. The Kier molecular flexibility index (Phi) is 3.31. The fraction of sp³-hybridized carbons (Fsp3) is 0. The lowest BCUT2D eigenvalue weighted by molar-refractivity contribution is 0.409. The number of rotatable bonds is 3. The summed E-state index contributed by atoms with van der Waals surface area (Å²) in [5.41, 5.74) is 5.88. The minimum absolute atomic E-state index is 0.163. The summed E-state index contributed by atoms with van der Waals surface area (Å²) in [6.45, 7) is 3.50. The fourth-order valence-corrected chi connectivity index (χ4v) is 0.652. The van der Waals surface area contributed by atoms with E-state index in [0.717, 1.165) is 0 Å². The summed E-state index contributed by atoms with van der Waals surface area (Å²) in [7, 11) is 0. The van der Waals surface area contributed by atoms with E-state index in [1.165, 1.54) is 0 Å². The van der Waals surface area contributed by atoms with Crippen LogP contribution in [0.4, 0.5) is 0 Å². The van der Waals surface area contributed by atoms with Gasteiger partial charge in [-0.25, -0.2) is 0 Å². The summed E-state index contributed by atoms with van der Waals surface area (Å²) >= 11 is 0. The van der Waals surface area contributed by atoms with Gasteiger partial charge in [0.15, 0.2) is 0 Å². The van der Waals surface area contributed by atoms with Gasteiger partial charge >= 0.3 is 6.01 Å². The molecule has 0 atom stereocenters. The van der Waals surface area contributed by atoms with Gasteiger partial charge in [0.2, 0.25) is 5.82 Å². The van der Waals surface area contributed by atoms with Crippen molar-refractivity contribution in [1.29, 1.82) is 0 Å². The van der Waals surface area contributed by atoms with E-state index in [1.54, 1.807) is 24.3 Å². The summed E-state index contributed by atoms with van der Waals surface area (Å²) < 4.78 is 0. The van der Waals surface area contributed by atoms with E-state index in [9.17, 15) is 0 Å². The summed E-state index contributed by atoms with van der Waals surface area (Å²) in [6.07, 6.45) is 6.57. The first-order valence-electron chi connectivity index (χ1n) is 3.75. The molecule has 0 radical (unpaired) electrons. The molecule has 0 saturated heterocycles. The summed E-state index contributed by atoms with van der Waals surface area (Å²) in [5, 5.41) is 22.4. The zero-order valence-corrected chi connectivity index (χ0v) is 7.33. The largest absolute Gasteiger partial charge is 0.477 e. The quantitative estimate of drug-likeness (QED) is 0.653. The maximum Gasteiger partial charge on any atom is 0.352 e. The Labute approximate surface area is 80.5 Å². The predicted molar refractivity (Wildman–Crippen MR) is 50.8 cm³/mol. The Morgan fingerprint density at radius 1 is 1.21 bits per heavy atom. The highest BCUT2D eigenvalue weighted by molar-refractivity contribution is 5.57. The number of hydrogen-bond donors (Lipinski definition) is 2. The van der Waals surface area contributed by atoms with E-state index < -0.39 is 6.01 Å². The van der Waals surface area contributed by atoms with Crippen molar-refractivity contribution in [2.24, 2.45) is 5.73 Å². The van der Waals surface area contributed by atoms with Crippen molar-refractivity contribution in [2.75, 3.05) is 0 Å². The average molecular weight is 191 g/mol.